The number of hydrogen-bond donors (Lipinski definition) is 0. The van der Waals surface area contributed by atoms with Crippen molar-refractivity contribution in [3.8, 4) is 0 Å². The summed E-state index contributed by atoms with van der Waals surface area (Å²) in [4.78, 5) is 24.6. The number of hydrogen-bond acceptors (Lipinski definition) is 5. The summed E-state index contributed by atoms with van der Waals surface area (Å²) in [5.41, 5.74) is 0. The zero-order valence-electron chi connectivity index (χ0n) is 11.2. The molecule has 0 saturated heterocycles. The van der Waals surface area contributed by atoms with Crippen LogP contribution < -0.4 is 0 Å². The standard InChI is InChI=1S/C12H23NO4/c1-5-13(9-12(15)17-7-3)10(4)8-11(14)16-6-2/h10H,5-9H2,1-4H3. The van der Waals surface area contributed by atoms with Crippen molar-refractivity contribution in [3.63, 3.8) is 0 Å². The molecule has 0 aliphatic heterocycles. The fourth-order valence-electron chi connectivity index (χ4n) is 1.54. The second-order valence-corrected chi connectivity index (χ2v) is 3.73. The Hall–Kier alpha value is -1.10. The highest BCUT2D eigenvalue weighted by atomic mass is 16.5. The van der Waals surface area contributed by atoms with Gasteiger partial charge in [0.05, 0.1) is 26.2 Å². The Bertz CT molecular complexity index is 243. The van der Waals surface area contributed by atoms with Gasteiger partial charge in [0.15, 0.2) is 0 Å². The van der Waals surface area contributed by atoms with Crippen molar-refractivity contribution in [2.24, 2.45) is 0 Å². The molecule has 0 spiro atoms. The van der Waals surface area contributed by atoms with Gasteiger partial charge < -0.3 is 9.47 Å². The fraction of sp³-hybridized carbons (Fsp3) is 0.833. The zero-order valence-corrected chi connectivity index (χ0v) is 11.2. The maximum Gasteiger partial charge on any atom is 0.320 e. The van der Waals surface area contributed by atoms with Crippen LogP contribution in [-0.2, 0) is 19.1 Å². The van der Waals surface area contributed by atoms with Crippen LogP contribution in [-0.4, -0.2) is 49.2 Å². The van der Waals surface area contributed by atoms with Crippen molar-refractivity contribution in [3.05, 3.63) is 0 Å². The molecule has 0 bridgehead atoms. The number of rotatable bonds is 8. The van der Waals surface area contributed by atoms with Crippen LogP contribution in [0.15, 0.2) is 0 Å². The molecule has 0 N–H and O–H groups in total. The van der Waals surface area contributed by atoms with E-state index in [4.69, 9.17) is 9.47 Å². The van der Waals surface area contributed by atoms with Crippen LogP contribution in [0, 0.1) is 0 Å². The largest absolute Gasteiger partial charge is 0.466 e. The first-order valence-electron chi connectivity index (χ1n) is 6.10. The van der Waals surface area contributed by atoms with E-state index in [2.05, 4.69) is 0 Å². The van der Waals surface area contributed by atoms with Crippen molar-refractivity contribution in [2.75, 3.05) is 26.3 Å². The van der Waals surface area contributed by atoms with Crippen LogP contribution in [0.1, 0.15) is 34.1 Å². The number of likely N-dealkylation sites (N-methyl/N-ethyl adjacent to an activating group) is 1. The van der Waals surface area contributed by atoms with E-state index in [1.54, 1.807) is 13.8 Å². The molecule has 0 aliphatic carbocycles. The average Bonchev–Trinajstić information content (AvgIpc) is 2.26. The van der Waals surface area contributed by atoms with Gasteiger partial charge in [-0.2, -0.15) is 0 Å². The molecule has 0 heterocycles. The average molecular weight is 245 g/mol. The summed E-state index contributed by atoms with van der Waals surface area (Å²) in [6.45, 7) is 9.07. The molecular weight excluding hydrogens is 222 g/mol. The van der Waals surface area contributed by atoms with Crippen molar-refractivity contribution in [1.29, 1.82) is 0 Å². The Morgan fingerprint density at radius 1 is 1.06 bits per heavy atom. The Kier molecular flexibility index (Phi) is 8.40. The molecule has 0 aromatic carbocycles. The SMILES string of the molecule is CCOC(=O)CC(C)N(CC)CC(=O)OCC. The van der Waals surface area contributed by atoms with Gasteiger partial charge in [0, 0.05) is 6.04 Å². The molecule has 0 fully saturated rings. The molecule has 1 unspecified atom stereocenters. The molecule has 0 saturated carbocycles. The second-order valence-electron chi connectivity index (χ2n) is 3.73. The minimum Gasteiger partial charge on any atom is -0.466 e. The van der Waals surface area contributed by atoms with Crippen molar-refractivity contribution in [1.82, 2.24) is 4.90 Å². The zero-order chi connectivity index (χ0) is 13.3. The van der Waals surface area contributed by atoms with Gasteiger partial charge in [-0.15, -0.1) is 0 Å². The molecule has 0 amide bonds. The molecule has 100 valence electrons. The van der Waals surface area contributed by atoms with Crippen LogP contribution in [0.5, 0.6) is 0 Å². The van der Waals surface area contributed by atoms with E-state index in [9.17, 15) is 9.59 Å². The number of carbonyl (C=O) groups is 2. The molecule has 5 nitrogen and oxygen atoms in total. The molecule has 0 aliphatic rings. The summed E-state index contributed by atoms with van der Waals surface area (Å²) in [6.07, 6.45) is 0.293. The summed E-state index contributed by atoms with van der Waals surface area (Å²) < 4.78 is 9.76. The third-order valence-corrected chi connectivity index (χ3v) is 2.43. The Morgan fingerprint density at radius 2 is 1.59 bits per heavy atom. The minimum absolute atomic E-state index is 0.0246. The van der Waals surface area contributed by atoms with Crippen molar-refractivity contribution < 1.29 is 19.1 Å². The molecule has 17 heavy (non-hydrogen) atoms. The van der Waals surface area contributed by atoms with Gasteiger partial charge in [0.25, 0.3) is 0 Å². The number of nitrogens with zero attached hydrogens (tertiary/aromatic N) is 1. The maximum absolute atomic E-state index is 11.3. The van der Waals surface area contributed by atoms with E-state index in [1.165, 1.54) is 0 Å². The molecule has 5 heteroatoms. The van der Waals surface area contributed by atoms with Gasteiger partial charge in [-0.05, 0) is 27.3 Å². The quantitative estimate of drug-likeness (QED) is 0.602. The predicted octanol–water partition coefficient (Wildman–Crippen LogP) is 1.21. The van der Waals surface area contributed by atoms with Crippen LogP contribution in [0.2, 0.25) is 0 Å². The van der Waals surface area contributed by atoms with Crippen LogP contribution in [0.4, 0.5) is 0 Å². The van der Waals surface area contributed by atoms with Gasteiger partial charge in [0.1, 0.15) is 0 Å². The molecular formula is C12H23NO4. The number of esters is 2. The summed E-state index contributed by atoms with van der Waals surface area (Å²) in [7, 11) is 0. The first kappa shape index (κ1) is 15.9. The second kappa shape index (κ2) is 8.98. The first-order valence-corrected chi connectivity index (χ1v) is 6.10. The van der Waals surface area contributed by atoms with Crippen LogP contribution in [0.3, 0.4) is 0 Å². The van der Waals surface area contributed by atoms with E-state index < -0.39 is 0 Å². The highest BCUT2D eigenvalue weighted by molar-refractivity contribution is 5.72. The normalized spacial score (nSPS) is 12.3. The van der Waals surface area contributed by atoms with Gasteiger partial charge in [-0.3, -0.25) is 14.5 Å². The number of ether oxygens (including phenoxy) is 2. The minimum atomic E-state index is -0.259. The lowest BCUT2D eigenvalue weighted by molar-refractivity contribution is -0.148. The smallest absolute Gasteiger partial charge is 0.320 e. The fourth-order valence-corrected chi connectivity index (χ4v) is 1.54. The highest BCUT2D eigenvalue weighted by Crippen LogP contribution is 2.05. The summed E-state index contributed by atoms with van der Waals surface area (Å²) in [5.74, 6) is -0.493. The Morgan fingerprint density at radius 3 is 2.06 bits per heavy atom. The van der Waals surface area contributed by atoms with E-state index in [1.807, 2.05) is 18.7 Å². The van der Waals surface area contributed by atoms with E-state index in [0.717, 1.165) is 0 Å². The monoisotopic (exact) mass is 245 g/mol. The lowest BCUT2D eigenvalue weighted by Crippen LogP contribution is -2.39. The highest BCUT2D eigenvalue weighted by Gasteiger charge is 2.19. The molecule has 0 rings (SSSR count). The lowest BCUT2D eigenvalue weighted by atomic mass is 10.2. The van der Waals surface area contributed by atoms with Gasteiger partial charge >= 0.3 is 11.9 Å². The molecule has 0 radical (unpaired) electrons. The van der Waals surface area contributed by atoms with E-state index in [-0.39, 0.29) is 24.5 Å². The molecule has 0 aromatic rings. The first-order chi connectivity index (χ1) is 8.04. The summed E-state index contributed by atoms with van der Waals surface area (Å²) in [5, 5.41) is 0. The molecule has 0 aromatic heterocycles. The maximum atomic E-state index is 11.3. The van der Waals surface area contributed by atoms with Gasteiger partial charge in [0.2, 0.25) is 0 Å². The van der Waals surface area contributed by atoms with E-state index >= 15 is 0 Å². The number of carbonyl (C=O) groups excluding carboxylic acids is 2. The Balaban J connectivity index is 4.15. The molecule has 1 atom stereocenters. The van der Waals surface area contributed by atoms with Crippen molar-refractivity contribution >= 4 is 11.9 Å². The van der Waals surface area contributed by atoms with Crippen LogP contribution in [0.25, 0.3) is 0 Å². The van der Waals surface area contributed by atoms with Gasteiger partial charge in [-0.25, -0.2) is 0 Å². The topological polar surface area (TPSA) is 55.8 Å². The lowest BCUT2D eigenvalue weighted by Gasteiger charge is -2.25. The van der Waals surface area contributed by atoms with Gasteiger partial charge in [-0.1, -0.05) is 6.92 Å². The van der Waals surface area contributed by atoms with Crippen molar-refractivity contribution in [2.45, 2.75) is 40.2 Å². The third-order valence-electron chi connectivity index (χ3n) is 2.43. The summed E-state index contributed by atoms with van der Waals surface area (Å²) in [6, 6.07) is -0.0246. The predicted molar refractivity (Wildman–Crippen MR) is 64.6 cm³/mol. The van der Waals surface area contributed by atoms with Crippen LogP contribution >= 0.6 is 0 Å². The summed E-state index contributed by atoms with van der Waals surface area (Å²) >= 11 is 0. The Labute approximate surface area is 103 Å². The van der Waals surface area contributed by atoms with E-state index in [0.29, 0.717) is 26.2 Å². The third kappa shape index (κ3) is 6.94.